The second-order valence-corrected chi connectivity index (χ2v) is 17.4. The van der Waals surface area contributed by atoms with E-state index in [1.54, 1.807) is 0 Å². The van der Waals surface area contributed by atoms with Crippen LogP contribution in [0.3, 0.4) is 0 Å². The third-order valence-corrected chi connectivity index (χ3v) is 11.7. The van der Waals surface area contributed by atoms with Crippen molar-refractivity contribution in [3.63, 3.8) is 0 Å². The van der Waals surface area contributed by atoms with E-state index in [-0.39, 0.29) is 12.5 Å². The molecule has 0 rings (SSSR count). The van der Waals surface area contributed by atoms with E-state index in [4.69, 9.17) is 0 Å². The van der Waals surface area contributed by atoms with Gasteiger partial charge in [-0.3, -0.25) is 4.79 Å². The first-order valence-electron chi connectivity index (χ1n) is 25.3. The molecule has 0 aromatic rings. The van der Waals surface area contributed by atoms with Crippen LogP contribution in [0.5, 0.6) is 0 Å². The fraction of sp³-hybridized carbons (Fsp3) is 0.865. The summed E-state index contributed by atoms with van der Waals surface area (Å²) in [5, 5.41) is 33.6. The van der Waals surface area contributed by atoms with Crippen molar-refractivity contribution in [2.45, 2.75) is 283 Å². The van der Waals surface area contributed by atoms with Crippen LogP contribution in [-0.4, -0.2) is 46.1 Å². The van der Waals surface area contributed by atoms with Crippen LogP contribution < -0.4 is 5.32 Å². The SMILES string of the molecule is CCCCCCCCCCC/C=C\C/C=C\CCCCCCCCCC(=O)NC(CO)C(O)C(O)CCC/C=C/CCCCCCCCCCCCCCCCC. The predicted octanol–water partition coefficient (Wildman–Crippen LogP) is 15.1. The number of aliphatic hydroxyl groups excluding tert-OH is 3. The Morgan fingerprint density at radius 2 is 0.754 bits per heavy atom. The molecule has 1 amide bonds. The summed E-state index contributed by atoms with van der Waals surface area (Å²) in [6, 6.07) is -0.831. The first kappa shape index (κ1) is 55.6. The molecule has 0 aliphatic rings. The number of amides is 1. The number of aliphatic hydroxyl groups is 3. The molecule has 0 radical (unpaired) electrons. The van der Waals surface area contributed by atoms with Crippen LogP contribution >= 0.6 is 0 Å². The van der Waals surface area contributed by atoms with Crippen molar-refractivity contribution in [1.82, 2.24) is 5.32 Å². The van der Waals surface area contributed by atoms with Crippen molar-refractivity contribution in [3.05, 3.63) is 36.5 Å². The minimum absolute atomic E-state index is 0.160. The van der Waals surface area contributed by atoms with Crippen molar-refractivity contribution in [2.24, 2.45) is 0 Å². The maximum Gasteiger partial charge on any atom is 0.220 e. The highest BCUT2D eigenvalue weighted by Gasteiger charge is 2.26. The summed E-state index contributed by atoms with van der Waals surface area (Å²) in [6.07, 6.45) is 59.9. The minimum atomic E-state index is -1.16. The van der Waals surface area contributed by atoms with E-state index >= 15 is 0 Å². The monoisotopic (exact) mass is 802 g/mol. The van der Waals surface area contributed by atoms with Gasteiger partial charge >= 0.3 is 0 Å². The van der Waals surface area contributed by atoms with Crippen molar-refractivity contribution < 1.29 is 20.1 Å². The Hall–Kier alpha value is -1.43. The van der Waals surface area contributed by atoms with E-state index in [1.165, 1.54) is 186 Å². The lowest BCUT2D eigenvalue weighted by Gasteiger charge is -2.26. The Morgan fingerprint density at radius 3 is 1.12 bits per heavy atom. The fourth-order valence-electron chi connectivity index (χ4n) is 7.78. The number of rotatable bonds is 46. The fourth-order valence-corrected chi connectivity index (χ4v) is 7.78. The largest absolute Gasteiger partial charge is 0.394 e. The molecule has 0 saturated heterocycles. The van der Waals surface area contributed by atoms with Gasteiger partial charge < -0.3 is 20.6 Å². The van der Waals surface area contributed by atoms with Gasteiger partial charge in [0.1, 0.15) is 6.10 Å². The number of unbranched alkanes of at least 4 members (excludes halogenated alkanes) is 32. The summed E-state index contributed by atoms with van der Waals surface area (Å²) in [4.78, 5) is 12.5. The predicted molar refractivity (Wildman–Crippen MR) is 250 cm³/mol. The number of carbonyl (C=O) groups excluding carboxylic acids is 1. The van der Waals surface area contributed by atoms with Gasteiger partial charge in [-0.15, -0.1) is 0 Å². The van der Waals surface area contributed by atoms with E-state index in [2.05, 4.69) is 55.6 Å². The minimum Gasteiger partial charge on any atom is -0.394 e. The molecule has 3 unspecified atom stereocenters. The standard InChI is InChI=1S/C52H99NO4/c1-3-5-7-9-11-13-15-17-19-21-23-25-26-27-29-31-33-35-37-39-41-43-45-47-51(56)53-49(48-54)52(57)50(55)46-44-42-40-38-36-34-32-30-28-24-22-20-18-16-14-12-10-8-6-4-2/h23,25,27,29,38,40,49-50,52,54-55,57H,3-22,24,26,28,30-37,39,41-48H2,1-2H3,(H,53,56)/b25-23-,29-27-,40-38+. The Labute approximate surface area is 355 Å². The molecule has 0 fully saturated rings. The summed E-state index contributed by atoms with van der Waals surface area (Å²) in [5.41, 5.74) is 0. The summed E-state index contributed by atoms with van der Waals surface area (Å²) >= 11 is 0. The molecule has 0 heterocycles. The second-order valence-electron chi connectivity index (χ2n) is 17.4. The average molecular weight is 802 g/mol. The summed E-state index contributed by atoms with van der Waals surface area (Å²) in [6.45, 7) is 4.18. The molecule has 0 aromatic carbocycles. The van der Waals surface area contributed by atoms with Gasteiger partial charge in [-0.2, -0.15) is 0 Å². The van der Waals surface area contributed by atoms with Crippen LogP contribution in [0.25, 0.3) is 0 Å². The molecule has 336 valence electrons. The highest BCUT2D eigenvalue weighted by molar-refractivity contribution is 5.76. The van der Waals surface area contributed by atoms with Crippen LogP contribution in [-0.2, 0) is 4.79 Å². The van der Waals surface area contributed by atoms with Gasteiger partial charge in [-0.05, 0) is 70.6 Å². The maximum absolute atomic E-state index is 12.5. The van der Waals surface area contributed by atoms with Gasteiger partial charge in [0.15, 0.2) is 0 Å². The highest BCUT2D eigenvalue weighted by Crippen LogP contribution is 2.16. The first-order valence-corrected chi connectivity index (χ1v) is 25.3. The first-order chi connectivity index (χ1) is 28.1. The van der Waals surface area contributed by atoms with Crippen LogP contribution in [0.1, 0.15) is 264 Å². The van der Waals surface area contributed by atoms with Gasteiger partial charge in [0.25, 0.3) is 0 Å². The Balaban J connectivity index is 3.64. The normalized spacial score (nSPS) is 13.7. The van der Waals surface area contributed by atoms with E-state index in [0.29, 0.717) is 12.8 Å². The van der Waals surface area contributed by atoms with E-state index in [1.807, 2.05) is 0 Å². The molecule has 5 heteroatoms. The Morgan fingerprint density at radius 1 is 0.439 bits per heavy atom. The van der Waals surface area contributed by atoms with Crippen molar-refractivity contribution >= 4 is 5.91 Å². The third-order valence-electron chi connectivity index (χ3n) is 11.7. The second kappa shape index (κ2) is 47.3. The third kappa shape index (κ3) is 42.5. The summed E-state index contributed by atoms with van der Waals surface area (Å²) < 4.78 is 0. The van der Waals surface area contributed by atoms with Crippen LogP contribution in [0.4, 0.5) is 0 Å². The van der Waals surface area contributed by atoms with Crippen LogP contribution in [0.2, 0.25) is 0 Å². The zero-order valence-electron chi connectivity index (χ0n) is 38.2. The van der Waals surface area contributed by atoms with E-state index < -0.39 is 18.2 Å². The van der Waals surface area contributed by atoms with Crippen molar-refractivity contribution in [2.75, 3.05) is 6.61 Å². The van der Waals surface area contributed by atoms with Gasteiger partial charge in [0.2, 0.25) is 5.91 Å². The molecular weight excluding hydrogens is 703 g/mol. The average Bonchev–Trinajstić information content (AvgIpc) is 3.22. The van der Waals surface area contributed by atoms with Gasteiger partial charge in [-0.25, -0.2) is 0 Å². The molecule has 0 saturated carbocycles. The number of nitrogens with one attached hydrogen (secondary N) is 1. The molecule has 0 aliphatic heterocycles. The molecule has 3 atom stereocenters. The van der Waals surface area contributed by atoms with Gasteiger partial charge in [-0.1, -0.05) is 224 Å². The molecule has 4 N–H and O–H groups in total. The molecule has 0 aliphatic carbocycles. The molecule has 5 nitrogen and oxygen atoms in total. The topological polar surface area (TPSA) is 89.8 Å². The number of hydrogen-bond donors (Lipinski definition) is 4. The lowest BCUT2D eigenvalue weighted by Crippen LogP contribution is -2.50. The zero-order valence-corrected chi connectivity index (χ0v) is 38.2. The van der Waals surface area contributed by atoms with Gasteiger partial charge in [0, 0.05) is 6.42 Å². The van der Waals surface area contributed by atoms with E-state index in [0.717, 1.165) is 51.4 Å². The smallest absolute Gasteiger partial charge is 0.220 e. The highest BCUT2D eigenvalue weighted by atomic mass is 16.3. The Bertz CT molecular complexity index is 885. The molecule has 0 bridgehead atoms. The van der Waals surface area contributed by atoms with Crippen LogP contribution in [0, 0.1) is 0 Å². The lowest BCUT2D eigenvalue weighted by atomic mass is 10.0. The number of hydrogen-bond acceptors (Lipinski definition) is 4. The van der Waals surface area contributed by atoms with Crippen molar-refractivity contribution in [3.8, 4) is 0 Å². The summed E-state index contributed by atoms with van der Waals surface area (Å²) in [5.74, 6) is -0.160. The summed E-state index contributed by atoms with van der Waals surface area (Å²) in [7, 11) is 0. The number of carbonyl (C=O) groups is 1. The Kier molecular flexibility index (Phi) is 46.1. The number of allylic oxidation sites excluding steroid dienone is 6. The molecule has 0 aromatic heterocycles. The quantitative estimate of drug-likeness (QED) is 0.0365. The lowest BCUT2D eigenvalue weighted by molar-refractivity contribution is -0.124. The molecular formula is C52H99NO4. The zero-order chi connectivity index (χ0) is 41.5. The molecule has 0 spiro atoms. The van der Waals surface area contributed by atoms with Gasteiger partial charge in [0.05, 0.1) is 18.8 Å². The maximum atomic E-state index is 12.5. The van der Waals surface area contributed by atoms with Crippen LogP contribution in [0.15, 0.2) is 36.5 Å². The molecule has 57 heavy (non-hydrogen) atoms. The van der Waals surface area contributed by atoms with Crippen molar-refractivity contribution in [1.29, 1.82) is 0 Å². The van der Waals surface area contributed by atoms with E-state index in [9.17, 15) is 20.1 Å².